The molecule has 82 valence electrons. The van der Waals surface area contributed by atoms with Gasteiger partial charge in [-0.1, -0.05) is 34.1 Å². The second-order valence-electron chi connectivity index (χ2n) is 4.07. The van der Waals surface area contributed by atoms with Crippen LogP contribution >= 0.6 is 15.9 Å². The van der Waals surface area contributed by atoms with E-state index in [9.17, 15) is 4.79 Å². The van der Waals surface area contributed by atoms with Crippen LogP contribution in [0, 0.1) is 0 Å². The summed E-state index contributed by atoms with van der Waals surface area (Å²) in [5.74, 6) is 0. The minimum atomic E-state index is 0.717. The van der Waals surface area contributed by atoms with E-state index in [4.69, 9.17) is 0 Å². The van der Waals surface area contributed by atoms with Gasteiger partial charge in [-0.05, 0) is 51.9 Å². The van der Waals surface area contributed by atoms with Gasteiger partial charge in [0.25, 0.3) is 0 Å². The third-order valence-corrected chi connectivity index (χ3v) is 3.41. The maximum Gasteiger partial charge on any atom is 0.150 e. The number of fused-ring (bicyclic) bond motifs is 2. The predicted octanol–water partition coefficient (Wildman–Crippen LogP) is 4.57. The highest BCUT2D eigenvalue weighted by molar-refractivity contribution is 9.10. The molecule has 0 N–H and O–H groups in total. The third kappa shape index (κ3) is 1.85. The number of hydrogen-bond donors (Lipinski definition) is 0. The van der Waals surface area contributed by atoms with Gasteiger partial charge in [0.1, 0.15) is 6.29 Å². The van der Waals surface area contributed by atoms with Gasteiger partial charge in [0.05, 0.1) is 0 Å². The summed E-state index contributed by atoms with van der Waals surface area (Å²) < 4.78 is 1.08. The topological polar surface area (TPSA) is 17.1 Å². The first-order valence-electron chi connectivity index (χ1n) is 5.34. The summed E-state index contributed by atoms with van der Waals surface area (Å²) in [5, 5.41) is 4.64. The molecule has 0 saturated heterocycles. The van der Waals surface area contributed by atoms with Crippen LogP contribution in [0.15, 0.2) is 53.0 Å². The Morgan fingerprint density at radius 2 is 1.41 bits per heavy atom. The van der Waals surface area contributed by atoms with Crippen LogP contribution in [0.4, 0.5) is 0 Å². The van der Waals surface area contributed by atoms with Gasteiger partial charge in [-0.15, -0.1) is 0 Å². The zero-order chi connectivity index (χ0) is 11.8. The monoisotopic (exact) mass is 284 g/mol. The molecule has 3 aromatic carbocycles. The fraction of sp³-hybridized carbons (Fsp3) is 0. The zero-order valence-electron chi connectivity index (χ0n) is 8.98. The van der Waals surface area contributed by atoms with E-state index in [-0.39, 0.29) is 0 Å². The van der Waals surface area contributed by atoms with Crippen molar-refractivity contribution in [3.05, 3.63) is 58.6 Å². The van der Waals surface area contributed by atoms with E-state index in [1.807, 2.05) is 24.3 Å². The summed E-state index contributed by atoms with van der Waals surface area (Å²) >= 11 is 3.47. The molecule has 2 heteroatoms. The van der Waals surface area contributed by atoms with Crippen LogP contribution < -0.4 is 0 Å². The maximum absolute atomic E-state index is 10.8. The minimum Gasteiger partial charge on any atom is -0.298 e. The molecule has 0 bridgehead atoms. The highest BCUT2D eigenvalue weighted by Crippen LogP contribution is 2.25. The standard InChI is InChI=1S/C15H9BrO/c16-15-4-3-12-6-13-5-10(9-17)1-2-11(13)7-14(12)8-15/h1-9H. The Hall–Kier alpha value is -1.67. The Bertz CT molecular complexity index is 731. The molecule has 0 atom stereocenters. The lowest BCUT2D eigenvalue weighted by Gasteiger charge is -2.03. The Labute approximate surface area is 107 Å². The molecule has 0 unspecified atom stereocenters. The smallest absolute Gasteiger partial charge is 0.150 e. The first-order valence-corrected chi connectivity index (χ1v) is 6.14. The SMILES string of the molecule is O=Cc1ccc2cc3cc(Br)ccc3cc2c1. The second kappa shape index (κ2) is 3.97. The molecule has 0 heterocycles. The first-order chi connectivity index (χ1) is 8.26. The molecule has 0 fully saturated rings. The van der Waals surface area contributed by atoms with E-state index in [0.29, 0.717) is 5.56 Å². The van der Waals surface area contributed by atoms with Crippen LogP contribution in [0.5, 0.6) is 0 Å². The molecule has 0 spiro atoms. The molecule has 17 heavy (non-hydrogen) atoms. The normalized spacial score (nSPS) is 10.9. The van der Waals surface area contributed by atoms with Crippen molar-refractivity contribution < 1.29 is 4.79 Å². The van der Waals surface area contributed by atoms with Gasteiger partial charge in [0.2, 0.25) is 0 Å². The largest absolute Gasteiger partial charge is 0.298 e. The molecule has 3 rings (SSSR count). The summed E-state index contributed by atoms with van der Waals surface area (Å²) in [4.78, 5) is 10.8. The van der Waals surface area contributed by atoms with Crippen molar-refractivity contribution in [3.8, 4) is 0 Å². The number of rotatable bonds is 1. The molecular weight excluding hydrogens is 276 g/mol. The molecule has 0 aliphatic carbocycles. The number of aldehydes is 1. The van der Waals surface area contributed by atoms with Crippen molar-refractivity contribution in [2.45, 2.75) is 0 Å². The lowest BCUT2D eigenvalue weighted by molar-refractivity contribution is 0.112. The molecule has 0 aliphatic heterocycles. The molecule has 3 aromatic rings. The van der Waals surface area contributed by atoms with E-state index >= 15 is 0 Å². The lowest BCUT2D eigenvalue weighted by atomic mass is 10.0. The van der Waals surface area contributed by atoms with Gasteiger partial charge in [-0.2, -0.15) is 0 Å². The summed E-state index contributed by atoms with van der Waals surface area (Å²) in [7, 11) is 0. The van der Waals surface area contributed by atoms with Crippen LogP contribution in [-0.2, 0) is 0 Å². The number of carbonyl (C=O) groups excluding carboxylic acids is 1. The molecule has 0 saturated carbocycles. The van der Waals surface area contributed by atoms with E-state index in [2.05, 4.69) is 40.2 Å². The average molecular weight is 285 g/mol. The third-order valence-electron chi connectivity index (χ3n) is 2.92. The molecule has 1 nitrogen and oxygen atoms in total. The van der Waals surface area contributed by atoms with E-state index in [1.165, 1.54) is 10.8 Å². The quantitative estimate of drug-likeness (QED) is 0.473. The van der Waals surface area contributed by atoms with Gasteiger partial charge >= 0.3 is 0 Å². The minimum absolute atomic E-state index is 0.717. The Kier molecular flexibility index (Phi) is 2.45. The molecular formula is C15H9BrO. The molecule has 0 aromatic heterocycles. The molecule has 0 amide bonds. The number of hydrogen-bond acceptors (Lipinski definition) is 1. The van der Waals surface area contributed by atoms with Crippen molar-refractivity contribution in [1.29, 1.82) is 0 Å². The van der Waals surface area contributed by atoms with Crippen molar-refractivity contribution in [3.63, 3.8) is 0 Å². The van der Waals surface area contributed by atoms with E-state index in [0.717, 1.165) is 21.5 Å². The second-order valence-corrected chi connectivity index (χ2v) is 4.98. The first kappa shape index (κ1) is 10.5. The van der Waals surface area contributed by atoms with Gasteiger partial charge in [0.15, 0.2) is 0 Å². The van der Waals surface area contributed by atoms with E-state index in [1.54, 1.807) is 0 Å². The van der Waals surface area contributed by atoms with Crippen LogP contribution in [0.2, 0.25) is 0 Å². The maximum atomic E-state index is 10.8. The highest BCUT2D eigenvalue weighted by Gasteiger charge is 2.00. The number of carbonyl (C=O) groups is 1. The van der Waals surface area contributed by atoms with Gasteiger partial charge in [-0.25, -0.2) is 0 Å². The molecule has 0 aliphatic rings. The Balaban J connectivity index is 2.39. The Morgan fingerprint density at radius 3 is 2.12 bits per heavy atom. The summed E-state index contributed by atoms with van der Waals surface area (Å²) in [5.41, 5.74) is 0.717. The fourth-order valence-electron chi connectivity index (χ4n) is 2.06. The predicted molar refractivity (Wildman–Crippen MR) is 74.5 cm³/mol. The van der Waals surface area contributed by atoms with Crippen LogP contribution in [-0.4, -0.2) is 6.29 Å². The Morgan fingerprint density at radius 1 is 0.765 bits per heavy atom. The lowest BCUT2D eigenvalue weighted by Crippen LogP contribution is -1.81. The van der Waals surface area contributed by atoms with Crippen molar-refractivity contribution >= 4 is 43.8 Å². The fourth-order valence-corrected chi connectivity index (χ4v) is 2.44. The van der Waals surface area contributed by atoms with Crippen LogP contribution in [0.1, 0.15) is 10.4 Å². The van der Waals surface area contributed by atoms with Crippen molar-refractivity contribution in [2.24, 2.45) is 0 Å². The molecule has 0 radical (unpaired) electrons. The van der Waals surface area contributed by atoms with Gasteiger partial charge in [0, 0.05) is 10.0 Å². The summed E-state index contributed by atoms with van der Waals surface area (Å²) in [6.45, 7) is 0. The van der Waals surface area contributed by atoms with E-state index < -0.39 is 0 Å². The van der Waals surface area contributed by atoms with Crippen LogP contribution in [0.25, 0.3) is 21.5 Å². The summed E-state index contributed by atoms with van der Waals surface area (Å²) in [6.07, 6.45) is 0.880. The van der Waals surface area contributed by atoms with Gasteiger partial charge < -0.3 is 0 Å². The number of halogens is 1. The van der Waals surface area contributed by atoms with Crippen molar-refractivity contribution in [2.75, 3.05) is 0 Å². The van der Waals surface area contributed by atoms with Crippen LogP contribution in [0.3, 0.4) is 0 Å². The number of benzene rings is 3. The zero-order valence-corrected chi connectivity index (χ0v) is 10.6. The van der Waals surface area contributed by atoms with Crippen molar-refractivity contribution in [1.82, 2.24) is 0 Å². The average Bonchev–Trinajstić information content (AvgIpc) is 2.35. The summed E-state index contributed by atoms with van der Waals surface area (Å²) in [6, 6.07) is 16.2. The highest BCUT2D eigenvalue weighted by atomic mass is 79.9. The van der Waals surface area contributed by atoms with Gasteiger partial charge in [-0.3, -0.25) is 4.79 Å².